The van der Waals surface area contributed by atoms with Crippen LogP contribution in [0.15, 0.2) is 81.2 Å². The van der Waals surface area contributed by atoms with E-state index in [2.05, 4.69) is 4.98 Å². The number of H-pyrrole nitrogens is 1. The smallest absolute Gasteiger partial charge is 0.306 e. The Labute approximate surface area is 182 Å². The van der Waals surface area contributed by atoms with Crippen LogP contribution in [0.4, 0.5) is 10.1 Å². The molecule has 0 bridgehead atoms. The number of aromatic amines is 1. The summed E-state index contributed by atoms with van der Waals surface area (Å²) < 4.78 is 42.8. The summed E-state index contributed by atoms with van der Waals surface area (Å²) in [6.07, 6.45) is 1.48. The molecule has 0 spiro atoms. The molecule has 0 radical (unpaired) electrons. The van der Waals surface area contributed by atoms with Crippen molar-refractivity contribution in [3.8, 4) is 5.69 Å². The highest BCUT2D eigenvalue weighted by atomic mass is 32.2. The molecule has 0 atom stereocenters. The summed E-state index contributed by atoms with van der Waals surface area (Å²) >= 11 is 0. The first-order chi connectivity index (χ1) is 15.4. The fourth-order valence-corrected chi connectivity index (χ4v) is 5.66. The van der Waals surface area contributed by atoms with E-state index >= 15 is 0 Å². The van der Waals surface area contributed by atoms with Gasteiger partial charge in [0.15, 0.2) is 0 Å². The molecule has 0 aliphatic carbocycles. The largest absolute Gasteiger partial charge is 0.333 e. The van der Waals surface area contributed by atoms with E-state index in [1.165, 1.54) is 34.6 Å². The first kappa shape index (κ1) is 20.2. The third-order valence-corrected chi connectivity index (χ3v) is 7.40. The molecule has 1 N–H and O–H groups in total. The first-order valence-corrected chi connectivity index (χ1v) is 11.5. The quantitative estimate of drug-likeness (QED) is 0.518. The average molecular weight is 451 g/mol. The molecule has 0 fully saturated rings. The molecule has 162 valence electrons. The maximum Gasteiger partial charge on any atom is 0.333 e. The monoisotopic (exact) mass is 451 g/mol. The summed E-state index contributed by atoms with van der Waals surface area (Å²) in [6.45, 7) is 0.333. The third-order valence-electron chi connectivity index (χ3n) is 5.59. The molecule has 0 amide bonds. The number of aryl methyl sites for hydroxylation is 1. The van der Waals surface area contributed by atoms with Crippen molar-refractivity contribution < 1.29 is 12.8 Å². The van der Waals surface area contributed by atoms with E-state index in [1.807, 2.05) is 12.1 Å². The SMILES string of the molecule is O=c1[nH]c2ccc(F)cc2c(=O)n1-c1cccc(S(=O)(=O)N2CCCc3ccccc32)c1. The lowest BCUT2D eigenvalue weighted by molar-refractivity contribution is 0.586. The number of fused-ring (bicyclic) bond motifs is 2. The van der Waals surface area contributed by atoms with Gasteiger partial charge in [-0.3, -0.25) is 9.10 Å². The summed E-state index contributed by atoms with van der Waals surface area (Å²) in [6, 6.07) is 16.5. The number of benzene rings is 3. The summed E-state index contributed by atoms with van der Waals surface area (Å²) in [5.74, 6) is -0.617. The van der Waals surface area contributed by atoms with Crippen LogP contribution in [-0.4, -0.2) is 24.5 Å². The minimum Gasteiger partial charge on any atom is -0.306 e. The Kier molecular flexibility index (Phi) is 4.70. The fraction of sp³-hybridized carbons (Fsp3) is 0.130. The van der Waals surface area contributed by atoms with Crippen molar-refractivity contribution in [1.82, 2.24) is 9.55 Å². The van der Waals surface area contributed by atoms with Gasteiger partial charge in [0.1, 0.15) is 5.82 Å². The Bertz CT molecular complexity index is 1590. The number of hydrogen-bond acceptors (Lipinski definition) is 4. The van der Waals surface area contributed by atoms with Gasteiger partial charge in [-0.1, -0.05) is 24.3 Å². The van der Waals surface area contributed by atoms with Crippen LogP contribution in [0.1, 0.15) is 12.0 Å². The Morgan fingerprint density at radius 3 is 2.59 bits per heavy atom. The Hall–Kier alpha value is -3.72. The lowest BCUT2D eigenvalue weighted by Crippen LogP contribution is -2.36. The molecule has 2 heterocycles. The zero-order valence-electron chi connectivity index (χ0n) is 16.8. The van der Waals surface area contributed by atoms with Crippen LogP contribution in [-0.2, 0) is 16.4 Å². The number of rotatable bonds is 3. The van der Waals surface area contributed by atoms with Crippen molar-refractivity contribution in [1.29, 1.82) is 0 Å². The number of anilines is 1. The van der Waals surface area contributed by atoms with E-state index in [4.69, 9.17) is 0 Å². The molecule has 1 aliphatic rings. The van der Waals surface area contributed by atoms with Crippen molar-refractivity contribution >= 4 is 26.6 Å². The maximum absolute atomic E-state index is 13.7. The topological polar surface area (TPSA) is 92.2 Å². The van der Waals surface area contributed by atoms with Crippen LogP contribution >= 0.6 is 0 Å². The van der Waals surface area contributed by atoms with Crippen molar-refractivity contribution in [3.63, 3.8) is 0 Å². The van der Waals surface area contributed by atoms with Gasteiger partial charge < -0.3 is 4.98 Å². The standard InChI is InChI=1S/C23H18FN3O4S/c24-16-10-11-20-19(13-16)22(28)27(23(29)25-20)17-7-3-8-18(14-17)32(30,31)26-12-4-6-15-5-1-2-9-21(15)26/h1-3,5,7-11,13-14H,4,6,12H2,(H,25,29). The summed E-state index contributed by atoms with van der Waals surface area (Å²) in [4.78, 5) is 28.1. The van der Waals surface area contributed by atoms with Crippen molar-refractivity contribution in [2.75, 3.05) is 10.8 Å². The number of nitrogens with zero attached hydrogens (tertiary/aromatic N) is 2. The molecule has 32 heavy (non-hydrogen) atoms. The molecule has 3 aromatic carbocycles. The second-order valence-electron chi connectivity index (χ2n) is 7.57. The van der Waals surface area contributed by atoms with Gasteiger partial charge in [-0.25, -0.2) is 22.2 Å². The third kappa shape index (κ3) is 3.21. The number of nitrogens with one attached hydrogen (secondary N) is 1. The van der Waals surface area contributed by atoms with Gasteiger partial charge in [-0.05, 0) is 60.9 Å². The van der Waals surface area contributed by atoms with E-state index in [0.29, 0.717) is 18.7 Å². The van der Waals surface area contributed by atoms with Crippen LogP contribution < -0.4 is 15.6 Å². The molecule has 0 saturated heterocycles. The molecule has 4 aromatic rings. The number of halogens is 1. The molecular weight excluding hydrogens is 433 g/mol. The second-order valence-corrected chi connectivity index (χ2v) is 9.43. The Morgan fingerprint density at radius 2 is 1.75 bits per heavy atom. The molecule has 7 nitrogen and oxygen atoms in total. The zero-order chi connectivity index (χ0) is 22.5. The van der Waals surface area contributed by atoms with Crippen LogP contribution in [0.2, 0.25) is 0 Å². The molecule has 0 saturated carbocycles. The van der Waals surface area contributed by atoms with Crippen molar-refractivity contribution in [2.24, 2.45) is 0 Å². The predicted molar refractivity (Wildman–Crippen MR) is 119 cm³/mol. The van der Waals surface area contributed by atoms with Gasteiger partial charge in [-0.15, -0.1) is 0 Å². The molecule has 1 aromatic heterocycles. The van der Waals surface area contributed by atoms with Crippen molar-refractivity contribution in [2.45, 2.75) is 17.7 Å². The van der Waals surface area contributed by atoms with Gasteiger partial charge in [-0.2, -0.15) is 0 Å². The number of hydrogen-bond donors (Lipinski definition) is 1. The molecule has 9 heteroatoms. The minimum absolute atomic E-state index is 0.0113. The highest BCUT2D eigenvalue weighted by Crippen LogP contribution is 2.32. The lowest BCUT2D eigenvalue weighted by Gasteiger charge is -2.30. The average Bonchev–Trinajstić information content (AvgIpc) is 2.79. The highest BCUT2D eigenvalue weighted by Gasteiger charge is 2.29. The lowest BCUT2D eigenvalue weighted by atomic mass is 10.0. The summed E-state index contributed by atoms with van der Waals surface area (Å²) in [7, 11) is -3.94. The Balaban J connectivity index is 1.66. The number of sulfonamides is 1. The first-order valence-electron chi connectivity index (χ1n) is 10.0. The van der Waals surface area contributed by atoms with Gasteiger partial charge in [0, 0.05) is 6.54 Å². The van der Waals surface area contributed by atoms with Crippen LogP contribution in [0.3, 0.4) is 0 Å². The van der Waals surface area contributed by atoms with E-state index in [9.17, 15) is 22.4 Å². The van der Waals surface area contributed by atoms with E-state index in [-0.39, 0.29) is 21.5 Å². The van der Waals surface area contributed by atoms with E-state index in [1.54, 1.807) is 12.1 Å². The van der Waals surface area contributed by atoms with Gasteiger partial charge >= 0.3 is 5.69 Å². The normalized spacial score (nSPS) is 13.8. The second kappa shape index (κ2) is 7.45. The van der Waals surface area contributed by atoms with Crippen LogP contribution in [0.25, 0.3) is 16.6 Å². The number of para-hydroxylation sites is 1. The highest BCUT2D eigenvalue weighted by molar-refractivity contribution is 7.92. The van der Waals surface area contributed by atoms with E-state index < -0.39 is 27.1 Å². The molecule has 5 rings (SSSR count). The summed E-state index contributed by atoms with van der Waals surface area (Å²) in [5.41, 5.74) is 0.372. The zero-order valence-corrected chi connectivity index (χ0v) is 17.6. The van der Waals surface area contributed by atoms with Crippen molar-refractivity contribution in [3.05, 3.63) is 98.9 Å². The van der Waals surface area contributed by atoms with Gasteiger partial charge in [0.05, 0.1) is 27.2 Å². The number of aromatic nitrogens is 2. The molecule has 0 unspecified atom stereocenters. The van der Waals surface area contributed by atoms with Crippen LogP contribution in [0.5, 0.6) is 0 Å². The Morgan fingerprint density at radius 1 is 0.938 bits per heavy atom. The summed E-state index contributed by atoms with van der Waals surface area (Å²) in [5, 5.41) is -0.0113. The van der Waals surface area contributed by atoms with E-state index in [0.717, 1.165) is 28.7 Å². The van der Waals surface area contributed by atoms with Crippen LogP contribution in [0, 0.1) is 5.82 Å². The predicted octanol–water partition coefficient (Wildman–Crippen LogP) is 2.96. The van der Waals surface area contributed by atoms with Gasteiger partial charge in [0.25, 0.3) is 15.6 Å². The fourth-order valence-electron chi connectivity index (χ4n) is 4.08. The minimum atomic E-state index is -3.94. The van der Waals surface area contributed by atoms with Gasteiger partial charge in [0.2, 0.25) is 0 Å². The maximum atomic E-state index is 13.7. The molecular formula is C23H18FN3O4S. The molecule has 1 aliphatic heterocycles.